The highest BCUT2D eigenvalue weighted by atomic mass is 16.2. The van der Waals surface area contributed by atoms with Crippen molar-refractivity contribution in [2.24, 2.45) is 0 Å². The minimum Gasteiger partial charge on any atom is -0.334 e. The highest BCUT2D eigenvalue weighted by Gasteiger charge is 2.43. The van der Waals surface area contributed by atoms with Crippen molar-refractivity contribution in [2.45, 2.75) is 13.0 Å². The van der Waals surface area contributed by atoms with Gasteiger partial charge in [0.2, 0.25) is 5.91 Å². The van der Waals surface area contributed by atoms with Crippen LogP contribution >= 0.6 is 0 Å². The maximum absolute atomic E-state index is 12.8. The quantitative estimate of drug-likeness (QED) is 0.833. The van der Waals surface area contributed by atoms with Gasteiger partial charge in [0.05, 0.1) is 23.7 Å². The number of amides is 4. The number of pyridine rings is 1. The van der Waals surface area contributed by atoms with Crippen molar-refractivity contribution in [1.29, 1.82) is 0 Å². The number of urea groups is 1. The lowest BCUT2D eigenvalue weighted by Crippen LogP contribution is -2.62. The zero-order valence-electron chi connectivity index (χ0n) is 13.2. The summed E-state index contributed by atoms with van der Waals surface area (Å²) in [5.41, 5.74) is 2.08. The molecule has 0 radical (unpaired) electrons. The maximum Gasteiger partial charge on any atom is 0.324 e. The number of carbonyl (C=O) groups excluding carboxylic acids is 3. The number of aryl methyl sites for hydroxylation is 1. The minimum absolute atomic E-state index is 0.0375. The van der Waals surface area contributed by atoms with Gasteiger partial charge < -0.3 is 10.2 Å². The third kappa shape index (κ3) is 2.20. The molecule has 3 heterocycles. The van der Waals surface area contributed by atoms with Crippen LogP contribution in [0.25, 0.3) is 10.9 Å². The standard InChI is InChI=1S/C17H16N4O3/c1-10-5-6-11-3-2-4-13(15(11)19-10)16(23)20-8-12(9-20)21-14(22)7-18-17(21)24/h2-6,12H,7-9H2,1H3,(H,18,24). The van der Waals surface area contributed by atoms with Crippen LogP contribution in [-0.2, 0) is 4.79 Å². The van der Waals surface area contributed by atoms with Crippen LogP contribution in [0.4, 0.5) is 4.79 Å². The first-order valence-electron chi connectivity index (χ1n) is 7.80. The fourth-order valence-electron chi connectivity index (χ4n) is 3.18. The Hall–Kier alpha value is -2.96. The van der Waals surface area contributed by atoms with E-state index in [9.17, 15) is 14.4 Å². The minimum atomic E-state index is -0.375. The summed E-state index contributed by atoms with van der Waals surface area (Å²) in [5.74, 6) is -0.360. The predicted molar refractivity (Wildman–Crippen MR) is 86.4 cm³/mol. The Labute approximate surface area is 138 Å². The van der Waals surface area contributed by atoms with Gasteiger partial charge in [-0.2, -0.15) is 0 Å². The molecule has 2 fully saturated rings. The van der Waals surface area contributed by atoms with Gasteiger partial charge >= 0.3 is 6.03 Å². The average Bonchev–Trinajstić information content (AvgIpc) is 2.85. The van der Waals surface area contributed by atoms with E-state index >= 15 is 0 Å². The van der Waals surface area contributed by atoms with Crippen LogP contribution in [-0.4, -0.2) is 58.3 Å². The third-order valence-corrected chi connectivity index (χ3v) is 4.48. The van der Waals surface area contributed by atoms with Gasteiger partial charge in [-0.3, -0.25) is 19.5 Å². The Kier molecular flexibility index (Phi) is 3.23. The lowest BCUT2D eigenvalue weighted by molar-refractivity contribution is -0.128. The summed E-state index contributed by atoms with van der Waals surface area (Å²) >= 11 is 0. The number of hydrogen-bond acceptors (Lipinski definition) is 4. The SMILES string of the molecule is Cc1ccc2cccc(C(=O)N3CC(N4C(=O)CNC4=O)C3)c2n1. The van der Waals surface area contributed by atoms with Gasteiger partial charge in [0.1, 0.15) is 0 Å². The topological polar surface area (TPSA) is 82.6 Å². The second-order valence-corrected chi connectivity index (χ2v) is 6.12. The summed E-state index contributed by atoms with van der Waals surface area (Å²) in [7, 11) is 0. The van der Waals surface area contributed by atoms with Crippen molar-refractivity contribution >= 4 is 28.7 Å². The summed E-state index contributed by atoms with van der Waals surface area (Å²) in [6, 6.07) is 8.76. The van der Waals surface area contributed by atoms with Gasteiger partial charge in [-0.25, -0.2) is 4.79 Å². The molecule has 4 amide bonds. The van der Waals surface area contributed by atoms with Crippen LogP contribution in [0, 0.1) is 6.92 Å². The lowest BCUT2D eigenvalue weighted by Gasteiger charge is -2.42. The van der Waals surface area contributed by atoms with E-state index in [1.807, 2.05) is 31.2 Å². The van der Waals surface area contributed by atoms with Crippen LogP contribution < -0.4 is 5.32 Å². The third-order valence-electron chi connectivity index (χ3n) is 4.48. The van der Waals surface area contributed by atoms with Crippen LogP contribution in [0.15, 0.2) is 30.3 Å². The van der Waals surface area contributed by atoms with Crippen molar-refractivity contribution in [3.8, 4) is 0 Å². The predicted octanol–water partition coefficient (Wildman–Crippen LogP) is 0.919. The second-order valence-electron chi connectivity index (χ2n) is 6.12. The van der Waals surface area contributed by atoms with Crippen molar-refractivity contribution in [2.75, 3.05) is 19.6 Å². The number of hydrogen-bond donors (Lipinski definition) is 1. The molecule has 7 nitrogen and oxygen atoms in total. The van der Waals surface area contributed by atoms with E-state index < -0.39 is 0 Å². The van der Waals surface area contributed by atoms with E-state index in [0.29, 0.717) is 24.2 Å². The summed E-state index contributed by atoms with van der Waals surface area (Å²) in [6.07, 6.45) is 0. The number of imide groups is 1. The van der Waals surface area contributed by atoms with Gasteiger partial charge in [0.15, 0.2) is 0 Å². The van der Waals surface area contributed by atoms with Gasteiger partial charge in [0, 0.05) is 24.2 Å². The smallest absolute Gasteiger partial charge is 0.324 e. The Morgan fingerprint density at radius 1 is 1.21 bits per heavy atom. The lowest BCUT2D eigenvalue weighted by atomic mass is 10.0. The molecule has 1 aromatic carbocycles. The number of benzene rings is 1. The normalized spacial score (nSPS) is 18.0. The van der Waals surface area contributed by atoms with E-state index in [4.69, 9.17) is 0 Å². The van der Waals surface area contributed by atoms with E-state index in [2.05, 4.69) is 10.3 Å². The zero-order valence-corrected chi connectivity index (χ0v) is 13.2. The molecule has 122 valence electrons. The summed E-state index contributed by atoms with van der Waals surface area (Å²) in [4.78, 5) is 43.5. The number of fused-ring (bicyclic) bond motifs is 1. The number of nitrogens with one attached hydrogen (secondary N) is 1. The van der Waals surface area contributed by atoms with E-state index in [-0.39, 0.29) is 30.4 Å². The first-order chi connectivity index (χ1) is 11.5. The largest absolute Gasteiger partial charge is 0.334 e. The van der Waals surface area contributed by atoms with E-state index in [1.165, 1.54) is 4.90 Å². The monoisotopic (exact) mass is 324 g/mol. The molecule has 0 atom stereocenters. The molecular formula is C17H16N4O3. The molecule has 7 heteroatoms. The Morgan fingerprint density at radius 2 is 2.00 bits per heavy atom. The van der Waals surface area contributed by atoms with E-state index in [0.717, 1.165) is 11.1 Å². The Morgan fingerprint density at radius 3 is 2.71 bits per heavy atom. The number of para-hydroxylation sites is 1. The zero-order chi connectivity index (χ0) is 16.8. The molecule has 0 saturated carbocycles. The average molecular weight is 324 g/mol. The van der Waals surface area contributed by atoms with Crippen LogP contribution in [0.2, 0.25) is 0 Å². The summed E-state index contributed by atoms with van der Waals surface area (Å²) in [6.45, 7) is 2.65. The number of nitrogens with zero attached hydrogens (tertiary/aromatic N) is 3. The van der Waals surface area contributed by atoms with Crippen molar-refractivity contribution in [3.05, 3.63) is 41.6 Å². The fourth-order valence-corrected chi connectivity index (χ4v) is 3.18. The second kappa shape index (κ2) is 5.30. The van der Waals surface area contributed by atoms with Gasteiger partial charge in [0.25, 0.3) is 5.91 Å². The first-order valence-corrected chi connectivity index (χ1v) is 7.80. The molecule has 0 aliphatic carbocycles. The van der Waals surface area contributed by atoms with Crippen molar-refractivity contribution in [3.63, 3.8) is 0 Å². The molecule has 2 saturated heterocycles. The van der Waals surface area contributed by atoms with Crippen LogP contribution in [0.3, 0.4) is 0 Å². The molecular weight excluding hydrogens is 308 g/mol. The molecule has 2 aromatic rings. The van der Waals surface area contributed by atoms with Crippen LogP contribution in [0.5, 0.6) is 0 Å². The van der Waals surface area contributed by atoms with E-state index in [1.54, 1.807) is 11.0 Å². The molecule has 0 unspecified atom stereocenters. The summed E-state index contributed by atoms with van der Waals surface area (Å²) < 4.78 is 0. The highest BCUT2D eigenvalue weighted by Crippen LogP contribution is 2.24. The number of carbonyl (C=O) groups is 3. The summed E-state index contributed by atoms with van der Waals surface area (Å²) in [5, 5.41) is 3.41. The Bertz CT molecular complexity index is 857. The molecule has 0 spiro atoms. The first kappa shape index (κ1) is 14.6. The Balaban J connectivity index is 1.55. The molecule has 4 rings (SSSR count). The molecule has 0 bridgehead atoms. The molecule has 1 aromatic heterocycles. The molecule has 2 aliphatic heterocycles. The number of likely N-dealkylation sites (tertiary alicyclic amines) is 1. The van der Waals surface area contributed by atoms with Gasteiger partial charge in [-0.05, 0) is 19.1 Å². The molecule has 1 N–H and O–H groups in total. The molecule has 2 aliphatic rings. The maximum atomic E-state index is 12.8. The van der Waals surface area contributed by atoms with Crippen molar-refractivity contribution < 1.29 is 14.4 Å². The number of rotatable bonds is 2. The van der Waals surface area contributed by atoms with Crippen molar-refractivity contribution in [1.82, 2.24) is 20.1 Å². The molecule has 24 heavy (non-hydrogen) atoms. The fraction of sp³-hybridized carbons (Fsp3) is 0.294. The van der Waals surface area contributed by atoms with Gasteiger partial charge in [-0.1, -0.05) is 18.2 Å². The van der Waals surface area contributed by atoms with Gasteiger partial charge in [-0.15, -0.1) is 0 Å². The van der Waals surface area contributed by atoms with Crippen LogP contribution in [0.1, 0.15) is 16.1 Å². The number of aromatic nitrogens is 1. The highest BCUT2D eigenvalue weighted by molar-refractivity contribution is 6.06.